The molecule has 0 aliphatic heterocycles. The van der Waals surface area contributed by atoms with Gasteiger partial charge in [-0.25, -0.2) is 0 Å². The van der Waals surface area contributed by atoms with Gasteiger partial charge in [-0.15, -0.1) is 11.3 Å². The number of amidine groups is 2. The molecule has 0 saturated carbocycles. The van der Waals surface area contributed by atoms with Gasteiger partial charge in [0.1, 0.15) is 22.8 Å². The lowest BCUT2D eigenvalue weighted by molar-refractivity contribution is 0.669. The van der Waals surface area contributed by atoms with Crippen LogP contribution in [0, 0.1) is 0 Å². The predicted octanol–water partition coefficient (Wildman–Crippen LogP) is 13.6. The van der Waals surface area contributed by atoms with Crippen molar-refractivity contribution < 1.29 is 4.42 Å². The molecule has 0 bridgehead atoms. The van der Waals surface area contributed by atoms with E-state index in [4.69, 9.17) is 9.41 Å². The molecule has 0 unspecified atom stereocenters. The van der Waals surface area contributed by atoms with E-state index in [1.165, 1.54) is 48.0 Å². The second kappa shape index (κ2) is 14.9. The second-order valence-electron chi connectivity index (χ2n) is 14.1. The van der Waals surface area contributed by atoms with Gasteiger partial charge in [0, 0.05) is 49.1 Å². The number of nitrogens with one attached hydrogen (secondary N) is 1. The summed E-state index contributed by atoms with van der Waals surface area (Å²) < 4.78 is 8.67. The van der Waals surface area contributed by atoms with Gasteiger partial charge >= 0.3 is 0 Å². The summed E-state index contributed by atoms with van der Waals surface area (Å²) in [5.74, 6) is 1.54. The van der Waals surface area contributed by atoms with Crippen LogP contribution in [0.3, 0.4) is 0 Å². The van der Waals surface area contributed by atoms with Crippen LogP contribution in [0.1, 0.15) is 16.7 Å². The highest BCUT2D eigenvalue weighted by molar-refractivity contribution is 7.26. The molecule has 0 saturated heterocycles. The lowest BCUT2D eigenvalue weighted by Crippen LogP contribution is -2.32. The molecule has 0 aliphatic rings. The van der Waals surface area contributed by atoms with Crippen molar-refractivity contribution in [2.75, 3.05) is 7.05 Å². The van der Waals surface area contributed by atoms with Crippen molar-refractivity contribution in [2.24, 2.45) is 9.98 Å². The number of thiophene rings is 1. The SMILES string of the molecule is CN=C(NC(=NCc1ccc2c(c1)sc1cccc(-c3ccccc3-c3ccc4oc5ccccc5c4c3)c12)c1ccccc1)c1cccc(-c2ccccc2)c1. The van der Waals surface area contributed by atoms with Gasteiger partial charge in [0.05, 0.1) is 6.54 Å². The lowest BCUT2D eigenvalue weighted by Gasteiger charge is -2.14. The van der Waals surface area contributed by atoms with Crippen molar-refractivity contribution in [1.82, 2.24) is 5.32 Å². The Balaban J connectivity index is 0.991. The van der Waals surface area contributed by atoms with Crippen LogP contribution in [0.2, 0.25) is 0 Å². The standard InChI is InChI=1S/C52H37N3OS/c1-53-51(39-19-12-18-37(31-39)35-14-4-2-5-15-35)55-52(36-16-6-3-7-17-36)54-33-34-26-28-44-49(30-34)57-48-25-13-23-43(50(44)48)41-21-9-8-20-40(41)38-27-29-47-45(32-38)42-22-10-11-24-46(42)56-47/h2-32H,33H2,1H3,(H,53,54,55). The average molecular weight is 752 g/mol. The zero-order valence-electron chi connectivity index (χ0n) is 31.3. The molecule has 4 nitrogen and oxygen atoms in total. The predicted molar refractivity (Wildman–Crippen MR) is 242 cm³/mol. The molecular weight excluding hydrogens is 715 g/mol. The zero-order valence-corrected chi connectivity index (χ0v) is 32.1. The minimum absolute atomic E-state index is 0.517. The van der Waals surface area contributed by atoms with Gasteiger partial charge < -0.3 is 9.73 Å². The number of furan rings is 1. The molecule has 272 valence electrons. The van der Waals surface area contributed by atoms with Crippen LogP contribution in [-0.2, 0) is 6.54 Å². The highest BCUT2D eigenvalue weighted by atomic mass is 32.1. The summed E-state index contributed by atoms with van der Waals surface area (Å²) in [6.45, 7) is 0.517. The second-order valence-corrected chi connectivity index (χ2v) is 15.2. The minimum atomic E-state index is 0.517. The van der Waals surface area contributed by atoms with Crippen molar-refractivity contribution >= 4 is 65.1 Å². The molecule has 57 heavy (non-hydrogen) atoms. The maximum atomic E-state index is 6.16. The van der Waals surface area contributed by atoms with Crippen molar-refractivity contribution in [1.29, 1.82) is 0 Å². The molecule has 0 radical (unpaired) electrons. The molecule has 0 spiro atoms. The maximum absolute atomic E-state index is 6.16. The fourth-order valence-corrected chi connectivity index (χ4v) is 9.07. The Morgan fingerprint density at radius 1 is 0.491 bits per heavy atom. The largest absolute Gasteiger partial charge is 0.456 e. The number of benzene rings is 8. The van der Waals surface area contributed by atoms with Crippen LogP contribution < -0.4 is 5.32 Å². The smallest absolute Gasteiger partial charge is 0.135 e. The first-order valence-corrected chi connectivity index (χ1v) is 20.0. The van der Waals surface area contributed by atoms with Crippen LogP contribution in [0.25, 0.3) is 75.5 Å². The molecule has 0 amide bonds. The van der Waals surface area contributed by atoms with Crippen LogP contribution >= 0.6 is 11.3 Å². The first-order chi connectivity index (χ1) is 28.2. The molecule has 10 aromatic rings. The average Bonchev–Trinajstić information content (AvgIpc) is 3.85. The van der Waals surface area contributed by atoms with Crippen molar-refractivity contribution in [3.05, 3.63) is 205 Å². The summed E-state index contributed by atoms with van der Waals surface area (Å²) in [5, 5.41) is 8.41. The van der Waals surface area contributed by atoms with E-state index in [1.54, 1.807) is 0 Å². The molecular formula is C52H37N3OS. The Morgan fingerprint density at radius 3 is 2.05 bits per heavy atom. The fourth-order valence-electron chi connectivity index (χ4n) is 7.87. The van der Waals surface area contributed by atoms with Crippen molar-refractivity contribution in [3.63, 3.8) is 0 Å². The van der Waals surface area contributed by atoms with E-state index >= 15 is 0 Å². The number of aliphatic imine (C=N–C) groups is 2. The van der Waals surface area contributed by atoms with Gasteiger partial charge in [-0.05, 0) is 75.3 Å². The summed E-state index contributed by atoms with van der Waals surface area (Å²) in [4.78, 5) is 9.87. The third-order valence-corrected chi connectivity index (χ3v) is 11.8. The van der Waals surface area contributed by atoms with Crippen LogP contribution in [0.15, 0.2) is 202 Å². The highest BCUT2D eigenvalue weighted by Gasteiger charge is 2.17. The number of hydrogen-bond acceptors (Lipinski definition) is 4. The minimum Gasteiger partial charge on any atom is -0.456 e. The monoisotopic (exact) mass is 751 g/mol. The summed E-state index contributed by atoms with van der Waals surface area (Å²) in [6, 6.07) is 66.2. The number of fused-ring (bicyclic) bond motifs is 6. The fraction of sp³-hybridized carbons (Fsp3) is 0.0385. The first kappa shape index (κ1) is 34.4. The maximum Gasteiger partial charge on any atom is 0.135 e. The van der Waals surface area contributed by atoms with E-state index in [-0.39, 0.29) is 0 Å². The number of nitrogens with zero attached hydrogens (tertiary/aromatic N) is 2. The summed E-state index contributed by atoms with van der Waals surface area (Å²) in [7, 11) is 1.82. The molecule has 2 heterocycles. The molecule has 8 aromatic carbocycles. The molecule has 10 rings (SSSR count). The topological polar surface area (TPSA) is 49.9 Å². The normalized spacial score (nSPS) is 12.2. The van der Waals surface area contributed by atoms with E-state index in [0.29, 0.717) is 6.54 Å². The van der Waals surface area contributed by atoms with Gasteiger partial charge in [-0.2, -0.15) is 0 Å². The summed E-state index contributed by atoms with van der Waals surface area (Å²) in [5.41, 5.74) is 12.1. The van der Waals surface area contributed by atoms with E-state index in [9.17, 15) is 0 Å². The molecule has 1 N–H and O–H groups in total. The highest BCUT2D eigenvalue weighted by Crippen LogP contribution is 2.44. The Morgan fingerprint density at radius 2 is 1.19 bits per heavy atom. The van der Waals surface area contributed by atoms with Gasteiger partial charge in [-0.1, -0.05) is 152 Å². The number of rotatable bonds is 7. The van der Waals surface area contributed by atoms with E-state index in [1.807, 2.05) is 54.8 Å². The Hall–Kier alpha value is -7.08. The van der Waals surface area contributed by atoms with Crippen LogP contribution in [0.4, 0.5) is 0 Å². The van der Waals surface area contributed by atoms with Gasteiger partial charge in [0.2, 0.25) is 0 Å². The summed E-state index contributed by atoms with van der Waals surface area (Å²) >= 11 is 1.84. The van der Waals surface area contributed by atoms with Gasteiger partial charge in [0.15, 0.2) is 0 Å². The molecule has 0 aliphatic carbocycles. The van der Waals surface area contributed by atoms with E-state index < -0.39 is 0 Å². The van der Waals surface area contributed by atoms with Crippen molar-refractivity contribution in [2.45, 2.75) is 6.54 Å². The van der Waals surface area contributed by atoms with Crippen LogP contribution in [0.5, 0.6) is 0 Å². The Bertz CT molecular complexity index is 3140. The summed E-state index contributed by atoms with van der Waals surface area (Å²) in [6.07, 6.45) is 0. The molecule has 2 aromatic heterocycles. The van der Waals surface area contributed by atoms with E-state index in [0.717, 1.165) is 55.9 Å². The third kappa shape index (κ3) is 6.58. The van der Waals surface area contributed by atoms with Gasteiger partial charge in [-0.3, -0.25) is 9.98 Å². The number of hydrogen-bond donors (Lipinski definition) is 1. The number of para-hydroxylation sites is 1. The lowest BCUT2D eigenvalue weighted by atomic mass is 9.91. The Labute approximate surface area is 335 Å². The molecule has 0 atom stereocenters. The quantitative estimate of drug-likeness (QED) is 0.130. The van der Waals surface area contributed by atoms with Crippen molar-refractivity contribution in [3.8, 4) is 33.4 Å². The van der Waals surface area contributed by atoms with Crippen LogP contribution in [-0.4, -0.2) is 18.7 Å². The molecule has 0 fully saturated rings. The molecule has 5 heteroatoms. The third-order valence-electron chi connectivity index (χ3n) is 10.6. The zero-order chi connectivity index (χ0) is 38.1. The van der Waals surface area contributed by atoms with Gasteiger partial charge in [0.25, 0.3) is 0 Å². The first-order valence-electron chi connectivity index (χ1n) is 19.1. The Kier molecular flexibility index (Phi) is 8.98. The van der Waals surface area contributed by atoms with E-state index in [2.05, 4.69) is 162 Å².